The number of nitrogens with one attached hydrogen (secondary N) is 1. The minimum atomic E-state index is 0.192. The van der Waals surface area contributed by atoms with Gasteiger partial charge in [-0.15, -0.1) is 11.3 Å². The Hall–Kier alpha value is -2.86. The average molecular weight is 350 g/mol. The third-order valence-corrected chi connectivity index (χ3v) is 4.59. The maximum atomic E-state index is 5.55. The van der Waals surface area contributed by atoms with Gasteiger partial charge in [-0.25, -0.2) is 4.68 Å². The third kappa shape index (κ3) is 3.08. The van der Waals surface area contributed by atoms with Crippen LogP contribution in [0.1, 0.15) is 19.4 Å². The molecule has 0 fully saturated rings. The molecule has 3 aromatic heterocycles. The molecule has 4 aromatic rings. The molecule has 25 heavy (non-hydrogen) atoms. The van der Waals surface area contributed by atoms with E-state index in [0.29, 0.717) is 0 Å². The van der Waals surface area contributed by atoms with E-state index in [4.69, 9.17) is 9.52 Å². The van der Waals surface area contributed by atoms with Gasteiger partial charge in [0, 0.05) is 34.1 Å². The van der Waals surface area contributed by atoms with Crippen LogP contribution in [0.5, 0.6) is 0 Å². The fourth-order valence-corrected chi connectivity index (χ4v) is 3.59. The second-order valence-electron chi connectivity index (χ2n) is 5.95. The van der Waals surface area contributed by atoms with Crippen molar-refractivity contribution in [2.75, 3.05) is 0 Å². The van der Waals surface area contributed by atoms with Crippen molar-refractivity contribution in [1.82, 2.24) is 9.66 Å². The fourth-order valence-electron chi connectivity index (χ4n) is 2.64. The zero-order valence-electron chi connectivity index (χ0n) is 14.0. The summed E-state index contributed by atoms with van der Waals surface area (Å²) in [6.45, 7) is 4.11. The molecule has 6 heteroatoms. The summed E-state index contributed by atoms with van der Waals surface area (Å²) in [6, 6.07) is 12.2. The van der Waals surface area contributed by atoms with Gasteiger partial charge in [0.05, 0.1) is 12.5 Å². The first kappa shape index (κ1) is 15.7. The van der Waals surface area contributed by atoms with Gasteiger partial charge in [0.2, 0.25) is 4.80 Å². The Labute approximate surface area is 149 Å². The number of benzene rings is 1. The molecule has 4 rings (SSSR count). The summed E-state index contributed by atoms with van der Waals surface area (Å²) in [6.07, 6.45) is 5.49. The molecule has 0 aliphatic rings. The minimum absolute atomic E-state index is 0.192. The molecule has 0 atom stereocenters. The standard InChI is InChI=1S/C19H18N4OS/c1-13(2)22-19-23(17(12-25-19)18-8-5-9-24-18)21-11-14-10-20-16-7-4-3-6-15(14)16/h3-13,20H,1-2H3. The summed E-state index contributed by atoms with van der Waals surface area (Å²) in [7, 11) is 0. The number of nitrogens with zero attached hydrogens (tertiary/aromatic N) is 3. The van der Waals surface area contributed by atoms with E-state index in [9.17, 15) is 0 Å². The molecule has 0 radical (unpaired) electrons. The van der Waals surface area contributed by atoms with E-state index in [1.165, 1.54) is 0 Å². The molecule has 126 valence electrons. The van der Waals surface area contributed by atoms with E-state index in [1.54, 1.807) is 17.6 Å². The quantitative estimate of drug-likeness (QED) is 0.542. The monoisotopic (exact) mass is 350 g/mol. The van der Waals surface area contributed by atoms with Crippen LogP contribution >= 0.6 is 11.3 Å². The van der Waals surface area contributed by atoms with Gasteiger partial charge in [-0.1, -0.05) is 18.2 Å². The van der Waals surface area contributed by atoms with Crippen molar-refractivity contribution in [1.29, 1.82) is 0 Å². The maximum Gasteiger partial charge on any atom is 0.206 e. The van der Waals surface area contributed by atoms with Gasteiger partial charge in [-0.3, -0.25) is 4.99 Å². The number of rotatable bonds is 4. The predicted molar refractivity (Wildman–Crippen MR) is 102 cm³/mol. The minimum Gasteiger partial charge on any atom is -0.463 e. The normalized spacial score (nSPS) is 12.8. The van der Waals surface area contributed by atoms with E-state index < -0.39 is 0 Å². The summed E-state index contributed by atoms with van der Waals surface area (Å²) in [5.41, 5.74) is 3.03. The molecule has 3 heterocycles. The smallest absolute Gasteiger partial charge is 0.206 e. The van der Waals surface area contributed by atoms with E-state index in [2.05, 4.69) is 36.0 Å². The van der Waals surface area contributed by atoms with Crippen LogP contribution < -0.4 is 4.80 Å². The Balaban J connectivity index is 1.82. The Morgan fingerprint density at radius 3 is 2.88 bits per heavy atom. The maximum absolute atomic E-state index is 5.55. The van der Waals surface area contributed by atoms with Gasteiger partial charge in [0.25, 0.3) is 0 Å². The van der Waals surface area contributed by atoms with Crippen molar-refractivity contribution in [2.45, 2.75) is 19.9 Å². The van der Waals surface area contributed by atoms with Gasteiger partial charge in [-0.05, 0) is 32.0 Å². The number of fused-ring (bicyclic) bond motifs is 1. The van der Waals surface area contributed by atoms with Crippen LogP contribution in [0.25, 0.3) is 22.4 Å². The first-order chi connectivity index (χ1) is 12.2. The summed E-state index contributed by atoms with van der Waals surface area (Å²) in [5.74, 6) is 0.775. The SMILES string of the molecule is CC(C)N=c1scc(-c2ccco2)n1N=Cc1c[nH]c2ccccc12. The number of para-hydroxylation sites is 1. The molecular weight excluding hydrogens is 332 g/mol. The van der Waals surface area contributed by atoms with Crippen molar-refractivity contribution in [2.24, 2.45) is 10.1 Å². The van der Waals surface area contributed by atoms with Crippen molar-refractivity contribution in [3.63, 3.8) is 0 Å². The van der Waals surface area contributed by atoms with Crippen LogP contribution in [0.4, 0.5) is 0 Å². The van der Waals surface area contributed by atoms with Crippen LogP contribution in [0, 0.1) is 0 Å². The Morgan fingerprint density at radius 1 is 1.20 bits per heavy atom. The van der Waals surface area contributed by atoms with Crippen molar-refractivity contribution >= 4 is 28.5 Å². The Kier molecular flexibility index (Phi) is 4.11. The molecule has 0 unspecified atom stereocenters. The summed E-state index contributed by atoms with van der Waals surface area (Å²) < 4.78 is 7.39. The molecule has 0 saturated heterocycles. The molecule has 0 aliphatic carbocycles. The molecule has 1 N–H and O–H groups in total. The largest absolute Gasteiger partial charge is 0.463 e. The molecule has 5 nitrogen and oxygen atoms in total. The number of aromatic nitrogens is 2. The molecule has 0 bridgehead atoms. The van der Waals surface area contributed by atoms with Gasteiger partial charge in [0.1, 0.15) is 5.69 Å². The van der Waals surface area contributed by atoms with Gasteiger partial charge in [0.15, 0.2) is 5.76 Å². The Bertz CT molecular complexity index is 1080. The van der Waals surface area contributed by atoms with Gasteiger partial charge < -0.3 is 9.40 Å². The van der Waals surface area contributed by atoms with Gasteiger partial charge in [-0.2, -0.15) is 5.10 Å². The topological polar surface area (TPSA) is 58.6 Å². The summed E-state index contributed by atoms with van der Waals surface area (Å²) in [5, 5.41) is 7.86. The van der Waals surface area contributed by atoms with Crippen molar-refractivity contribution in [3.05, 3.63) is 64.6 Å². The predicted octanol–water partition coefficient (Wildman–Crippen LogP) is 4.48. The average Bonchev–Trinajstić information content (AvgIpc) is 3.32. The molecular formula is C19H18N4OS. The van der Waals surface area contributed by atoms with E-state index in [-0.39, 0.29) is 6.04 Å². The summed E-state index contributed by atoms with van der Waals surface area (Å²) >= 11 is 1.56. The second kappa shape index (κ2) is 6.57. The zero-order chi connectivity index (χ0) is 17.2. The number of furan rings is 1. The fraction of sp³-hybridized carbons (Fsp3) is 0.158. The van der Waals surface area contributed by atoms with Crippen molar-refractivity contribution in [3.8, 4) is 11.5 Å². The highest BCUT2D eigenvalue weighted by Gasteiger charge is 2.10. The third-order valence-electron chi connectivity index (χ3n) is 3.76. The Morgan fingerprint density at radius 2 is 2.08 bits per heavy atom. The number of thiazole rings is 1. The van der Waals surface area contributed by atoms with Crippen LogP contribution in [-0.4, -0.2) is 21.9 Å². The number of H-pyrrole nitrogens is 1. The lowest BCUT2D eigenvalue weighted by Crippen LogP contribution is -2.14. The highest BCUT2D eigenvalue weighted by molar-refractivity contribution is 7.07. The lowest BCUT2D eigenvalue weighted by atomic mass is 10.2. The molecule has 0 spiro atoms. The number of hydrogen-bond acceptors (Lipinski definition) is 4. The molecule has 0 saturated carbocycles. The van der Waals surface area contributed by atoms with E-state index >= 15 is 0 Å². The van der Waals surface area contributed by atoms with Gasteiger partial charge >= 0.3 is 0 Å². The molecule has 0 amide bonds. The van der Waals surface area contributed by atoms with Crippen LogP contribution in [-0.2, 0) is 0 Å². The van der Waals surface area contributed by atoms with Crippen molar-refractivity contribution < 1.29 is 4.42 Å². The highest BCUT2D eigenvalue weighted by Crippen LogP contribution is 2.21. The number of aromatic amines is 1. The highest BCUT2D eigenvalue weighted by atomic mass is 32.1. The second-order valence-corrected chi connectivity index (χ2v) is 6.79. The molecule has 1 aromatic carbocycles. The molecule has 0 aliphatic heterocycles. The van der Waals surface area contributed by atoms with Crippen LogP contribution in [0.2, 0.25) is 0 Å². The van der Waals surface area contributed by atoms with Crippen LogP contribution in [0.3, 0.4) is 0 Å². The first-order valence-electron chi connectivity index (χ1n) is 8.11. The lowest BCUT2D eigenvalue weighted by Gasteiger charge is -2.01. The lowest BCUT2D eigenvalue weighted by molar-refractivity contribution is 0.575. The van der Waals surface area contributed by atoms with E-state index in [0.717, 1.165) is 32.7 Å². The summed E-state index contributed by atoms with van der Waals surface area (Å²) in [4.78, 5) is 8.78. The van der Waals surface area contributed by atoms with E-state index in [1.807, 2.05) is 46.7 Å². The number of hydrogen-bond donors (Lipinski definition) is 1. The first-order valence-corrected chi connectivity index (χ1v) is 8.99. The zero-order valence-corrected chi connectivity index (χ0v) is 14.8. The van der Waals surface area contributed by atoms with Crippen LogP contribution in [0.15, 0.2) is 68.7 Å².